The van der Waals surface area contributed by atoms with E-state index < -0.39 is 11.7 Å². The molecule has 2 aliphatic heterocycles. The lowest BCUT2D eigenvalue weighted by atomic mass is 10.1. The van der Waals surface area contributed by atoms with Crippen molar-refractivity contribution in [1.29, 1.82) is 0 Å². The Balaban J connectivity index is 1.47. The average molecular weight is 570 g/mol. The van der Waals surface area contributed by atoms with E-state index in [0.717, 1.165) is 45.0 Å². The molecule has 3 aromatic rings. The van der Waals surface area contributed by atoms with Crippen molar-refractivity contribution in [2.24, 2.45) is 0 Å². The highest BCUT2D eigenvalue weighted by Gasteiger charge is 2.27. The Kier molecular flexibility index (Phi) is 7.92. The Hall–Kier alpha value is -3.74. The number of rotatable bonds is 5. The van der Waals surface area contributed by atoms with Crippen LogP contribution in [0.1, 0.15) is 33.3 Å². The van der Waals surface area contributed by atoms with Crippen molar-refractivity contribution in [1.82, 2.24) is 30.1 Å². The number of carbonyl (C=O) groups excluding carboxylic acids is 2. The first-order valence-electron chi connectivity index (χ1n) is 13.2. The molecule has 4 N–H and O–H groups in total. The molecule has 11 nitrogen and oxygen atoms in total. The topological polar surface area (TPSA) is 125 Å². The molecule has 2 aromatic carbocycles. The minimum atomic E-state index is -0.645. The molecule has 0 aliphatic carbocycles. The number of aromatic nitrogens is 3. The van der Waals surface area contributed by atoms with Gasteiger partial charge < -0.3 is 31.1 Å². The molecule has 3 heterocycles. The highest BCUT2D eigenvalue weighted by Crippen LogP contribution is 2.32. The van der Waals surface area contributed by atoms with Crippen LogP contribution in [0, 0.1) is 12.7 Å². The quantitative estimate of drug-likeness (QED) is 0.400. The van der Waals surface area contributed by atoms with E-state index in [4.69, 9.17) is 17.3 Å². The summed E-state index contributed by atoms with van der Waals surface area (Å²) in [6.45, 7) is 8.79. The molecule has 0 spiro atoms. The van der Waals surface area contributed by atoms with Gasteiger partial charge in [-0.1, -0.05) is 16.8 Å². The molecule has 2 fully saturated rings. The van der Waals surface area contributed by atoms with Crippen LogP contribution < -0.4 is 21.3 Å². The summed E-state index contributed by atoms with van der Waals surface area (Å²) in [5, 5.41) is 14.5. The van der Waals surface area contributed by atoms with Crippen LogP contribution in [0.25, 0.3) is 5.69 Å². The van der Waals surface area contributed by atoms with Crippen LogP contribution in [-0.2, 0) is 0 Å². The van der Waals surface area contributed by atoms with Crippen LogP contribution >= 0.6 is 11.6 Å². The summed E-state index contributed by atoms with van der Waals surface area (Å²) >= 11 is 6.34. The third-order valence-corrected chi connectivity index (χ3v) is 7.99. The van der Waals surface area contributed by atoms with Crippen molar-refractivity contribution in [3.63, 3.8) is 0 Å². The van der Waals surface area contributed by atoms with Crippen LogP contribution in [0.5, 0.6) is 0 Å². The van der Waals surface area contributed by atoms with Crippen molar-refractivity contribution in [2.75, 3.05) is 68.8 Å². The lowest BCUT2D eigenvalue weighted by Gasteiger charge is -2.35. The van der Waals surface area contributed by atoms with Gasteiger partial charge in [-0.3, -0.25) is 9.59 Å². The largest absolute Gasteiger partial charge is 0.396 e. The van der Waals surface area contributed by atoms with Crippen molar-refractivity contribution in [2.45, 2.75) is 19.9 Å². The summed E-state index contributed by atoms with van der Waals surface area (Å²) in [4.78, 5) is 32.7. The van der Waals surface area contributed by atoms with Gasteiger partial charge in [0.25, 0.3) is 11.8 Å². The molecule has 2 saturated heterocycles. The van der Waals surface area contributed by atoms with Gasteiger partial charge in [0.05, 0.1) is 39.5 Å². The number of halogens is 2. The smallest absolute Gasteiger partial charge is 0.276 e. The number of hydrogen-bond donors (Lipinski definition) is 3. The van der Waals surface area contributed by atoms with Gasteiger partial charge in [0.2, 0.25) is 0 Å². The van der Waals surface area contributed by atoms with E-state index >= 15 is 0 Å². The van der Waals surface area contributed by atoms with Crippen molar-refractivity contribution < 1.29 is 14.0 Å². The van der Waals surface area contributed by atoms with Crippen LogP contribution in [-0.4, -0.2) is 95.5 Å². The summed E-state index contributed by atoms with van der Waals surface area (Å²) < 4.78 is 15.8. The van der Waals surface area contributed by atoms with Crippen molar-refractivity contribution in [3.8, 4) is 5.69 Å². The lowest BCUT2D eigenvalue weighted by molar-refractivity contribution is 0.0649. The molecule has 40 heavy (non-hydrogen) atoms. The summed E-state index contributed by atoms with van der Waals surface area (Å²) in [7, 11) is 2.07. The number of hydrogen-bond acceptors (Lipinski definition) is 8. The van der Waals surface area contributed by atoms with Gasteiger partial charge >= 0.3 is 0 Å². The monoisotopic (exact) mass is 569 g/mol. The van der Waals surface area contributed by atoms with E-state index in [1.807, 2.05) is 19.1 Å². The number of amides is 2. The highest BCUT2D eigenvalue weighted by atomic mass is 35.5. The van der Waals surface area contributed by atoms with E-state index in [0.29, 0.717) is 17.9 Å². The lowest BCUT2D eigenvalue weighted by Crippen LogP contribution is -2.52. The molecule has 5 rings (SSSR count). The second kappa shape index (κ2) is 11.4. The Morgan fingerprint density at radius 1 is 1.18 bits per heavy atom. The number of likely N-dealkylation sites (N-methyl/N-ethyl adjacent to an activating group) is 1. The normalized spacial score (nSPS) is 18.2. The molecule has 0 saturated carbocycles. The number of piperazine rings is 2. The zero-order chi connectivity index (χ0) is 28.6. The van der Waals surface area contributed by atoms with E-state index in [9.17, 15) is 14.0 Å². The fourth-order valence-electron chi connectivity index (χ4n) is 5.02. The van der Waals surface area contributed by atoms with Crippen LogP contribution in [0.15, 0.2) is 30.5 Å². The molecule has 13 heteroatoms. The van der Waals surface area contributed by atoms with E-state index in [1.54, 1.807) is 17.2 Å². The maximum absolute atomic E-state index is 14.2. The fourth-order valence-corrected chi connectivity index (χ4v) is 5.24. The summed E-state index contributed by atoms with van der Waals surface area (Å²) in [6.07, 6.45) is 1.59. The predicted octanol–water partition coefficient (Wildman–Crippen LogP) is 2.39. The number of nitrogens with one attached hydrogen (secondary N) is 2. The Morgan fingerprint density at radius 2 is 1.93 bits per heavy atom. The molecule has 2 amide bonds. The maximum atomic E-state index is 14.2. The zero-order valence-electron chi connectivity index (χ0n) is 22.7. The second-order valence-electron chi connectivity index (χ2n) is 10.3. The number of nitrogens with zero attached hydrogens (tertiary/aromatic N) is 6. The van der Waals surface area contributed by atoms with Crippen LogP contribution in [0.3, 0.4) is 0 Å². The minimum Gasteiger partial charge on any atom is -0.396 e. The number of benzene rings is 2. The van der Waals surface area contributed by atoms with Crippen LogP contribution in [0.4, 0.5) is 21.5 Å². The number of nitrogens with two attached hydrogens (primary N) is 1. The van der Waals surface area contributed by atoms with Gasteiger partial charge in [0, 0.05) is 57.4 Å². The third kappa shape index (κ3) is 5.47. The fraction of sp³-hybridized carbons (Fsp3) is 0.407. The summed E-state index contributed by atoms with van der Waals surface area (Å²) in [5.41, 5.74) is 8.01. The van der Waals surface area contributed by atoms with Gasteiger partial charge in [-0.05, 0) is 45.2 Å². The highest BCUT2D eigenvalue weighted by molar-refractivity contribution is 6.35. The maximum Gasteiger partial charge on any atom is 0.276 e. The number of anilines is 3. The summed E-state index contributed by atoms with van der Waals surface area (Å²) in [5.74, 6) is -1.34. The van der Waals surface area contributed by atoms with Gasteiger partial charge in [-0.15, -0.1) is 5.10 Å². The van der Waals surface area contributed by atoms with Gasteiger partial charge in [0.1, 0.15) is 0 Å². The van der Waals surface area contributed by atoms with Crippen LogP contribution in [0.2, 0.25) is 5.02 Å². The molecule has 1 atom stereocenters. The standard InChI is InChI=1S/C27H33ClFN9O2/c1-16-14-31-6-7-37(16)27(40)22-15-38(34-33-22)18-4-5-23(36-10-8-35(3)9-11-36)21(12-18)32-26(39)19-13-20(30)25(29)17(2)24(19)28/h4-5,12-13,15-16,31H,6-11,14,30H2,1-3H3,(H,32,39). The van der Waals surface area contributed by atoms with E-state index in [2.05, 4.69) is 37.8 Å². The number of nitrogen functional groups attached to an aromatic ring is 1. The minimum absolute atomic E-state index is 0.00285. The average Bonchev–Trinajstić information content (AvgIpc) is 3.45. The second-order valence-corrected chi connectivity index (χ2v) is 10.7. The first kappa shape index (κ1) is 27.8. The molecular formula is C27H33ClFN9O2. The number of carbonyl (C=O) groups is 2. The Bertz CT molecular complexity index is 1440. The van der Waals surface area contributed by atoms with Crippen molar-refractivity contribution >= 4 is 40.5 Å². The third-order valence-electron chi connectivity index (χ3n) is 7.50. The Labute approximate surface area is 237 Å². The van der Waals surface area contributed by atoms with E-state index in [-0.39, 0.29) is 39.5 Å². The summed E-state index contributed by atoms with van der Waals surface area (Å²) in [6, 6.07) is 6.84. The van der Waals surface area contributed by atoms with Gasteiger partial charge in [0.15, 0.2) is 11.5 Å². The zero-order valence-corrected chi connectivity index (χ0v) is 23.5. The first-order valence-corrected chi connectivity index (χ1v) is 13.6. The first-order chi connectivity index (χ1) is 19.1. The van der Waals surface area contributed by atoms with Crippen molar-refractivity contribution in [3.05, 3.63) is 58.1 Å². The predicted molar refractivity (Wildman–Crippen MR) is 153 cm³/mol. The van der Waals surface area contributed by atoms with Gasteiger partial charge in [-0.25, -0.2) is 9.07 Å². The molecular weight excluding hydrogens is 537 g/mol. The SMILES string of the molecule is Cc1c(F)c(N)cc(C(=O)Nc2cc(-n3cc(C(=O)N4CCNCC4C)nn3)ccc2N2CCN(C)CC2)c1Cl. The Morgan fingerprint density at radius 3 is 2.65 bits per heavy atom. The van der Waals surface area contributed by atoms with E-state index in [1.165, 1.54) is 17.7 Å². The van der Waals surface area contributed by atoms with Gasteiger partial charge in [-0.2, -0.15) is 0 Å². The molecule has 1 aromatic heterocycles. The molecule has 1 unspecified atom stereocenters. The molecule has 212 valence electrons. The molecule has 2 aliphatic rings. The molecule has 0 bridgehead atoms. The molecule has 0 radical (unpaired) electrons.